The number of hydrogen-bond donors (Lipinski definition) is 2. The quantitative estimate of drug-likeness (QED) is 0.867. The molecule has 0 atom stereocenters. The maximum atomic E-state index is 12.1. The zero-order chi connectivity index (χ0) is 13.7. The normalized spacial score (nSPS) is 10.4. The SMILES string of the molecule is CCNCc1ccccc1NC(=O)c1coc(C)c1. The molecule has 0 saturated carbocycles. The minimum Gasteiger partial charge on any atom is -0.469 e. The predicted molar refractivity (Wildman–Crippen MR) is 75.2 cm³/mol. The minimum atomic E-state index is -0.152. The summed E-state index contributed by atoms with van der Waals surface area (Å²) in [5, 5.41) is 6.16. The molecule has 2 rings (SSSR count). The molecule has 1 amide bonds. The van der Waals surface area contributed by atoms with Gasteiger partial charge < -0.3 is 15.1 Å². The lowest BCUT2D eigenvalue weighted by atomic mass is 10.1. The maximum Gasteiger partial charge on any atom is 0.258 e. The molecule has 0 radical (unpaired) electrons. The Labute approximate surface area is 112 Å². The minimum absolute atomic E-state index is 0.152. The van der Waals surface area contributed by atoms with E-state index in [0.717, 1.165) is 30.1 Å². The van der Waals surface area contributed by atoms with Crippen LogP contribution in [0.15, 0.2) is 41.0 Å². The first-order valence-corrected chi connectivity index (χ1v) is 6.36. The molecule has 0 aliphatic heterocycles. The van der Waals surface area contributed by atoms with Gasteiger partial charge in [0.05, 0.1) is 5.56 Å². The van der Waals surface area contributed by atoms with Gasteiger partial charge in [-0.15, -0.1) is 0 Å². The van der Waals surface area contributed by atoms with Gasteiger partial charge in [0.2, 0.25) is 0 Å². The van der Waals surface area contributed by atoms with Crippen molar-refractivity contribution in [1.29, 1.82) is 0 Å². The van der Waals surface area contributed by atoms with Crippen LogP contribution >= 0.6 is 0 Å². The fourth-order valence-electron chi connectivity index (χ4n) is 1.81. The van der Waals surface area contributed by atoms with Crippen LogP contribution in [0.1, 0.15) is 28.6 Å². The van der Waals surface area contributed by atoms with E-state index < -0.39 is 0 Å². The highest BCUT2D eigenvalue weighted by molar-refractivity contribution is 6.04. The van der Waals surface area contributed by atoms with Crippen molar-refractivity contribution in [3.63, 3.8) is 0 Å². The van der Waals surface area contributed by atoms with Gasteiger partial charge in [0.25, 0.3) is 5.91 Å². The second-order valence-corrected chi connectivity index (χ2v) is 4.34. The highest BCUT2D eigenvalue weighted by Gasteiger charge is 2.10. The third-order valence-corrected chi connectivity index (χ3v) is 2.82. The Kier molecular flexibility index (Phi) is 4.36. The van der Waals surface area contributed by atoms with E-state index in [1.807, 2.05) is 31.2 Å². The summed E-state index contributed by atoms with van der Waals surface area (Å²) in [6.07, 6.45) is 1.47. The molecule has 100 valence electrons. The Morgan fingerprint density at radius 1 is 1.32 bits per heavy atom. The highest BCUT2D eigenvalue weighted by Crippen LogP contribution is 2.16. The number of para-hydroxylation sites is 1. The Bertz CT molecular complexity index is 561. The number of benzene rings is 1. The molecule has 2 N–H and O–H groups in total. The highest BCUT2D eigenvalue weighted by atomic mass is 16.3. The van der Waals surface area contributed by atoms with Gasteiger partial charge in [-0.1, -0.05) is 25.1 Å². The number of nitrogens with one attached hydrogen (secondary N) is 2. The molecule has 0 aliphatic rings. The Balaban J connectivity index is 2.12. The zero-order valence-corrected chi connectivity index (χ0v) is 11.2. The van der Waals surface area contributed by atoms with Crippen LogP contribution in [0, 0.1) is 6.92 Å². The largest absolute Gasteiger partial charge is 0.469 e. The lowest BCUT2D eigenvalue weighted by Crippen LogP contribution is -2.16. The average Bonchev–Trinajstić information content (AvgIpc) is 2.84. The van der Waals surface area contributed by atoms with E-state index in [0.29, 0.717) is 5.56 Å². The predicted octanol–water partition coefficient (Wildman–Crippen LogP) is 2.95. The molecule has 4 nitrogen and oxygen atoms in total. The summed E-state index contributed by atoms with van der Waals surface area (Å²) in [6.45, 7) is 5.49. The van der Waals surface area contributed by atoms with Gasteiger partial charge in [0.1, 0.15) is 12.0 Å². The van der Waals surface area contributed by atoms with Gasteiger partial charge in [0, 0.05) is 12.2 Å². The molecule has 4 heteroatoms. The summed E-state index contributed by atoms with van der Waals surface area (Å²) >= 11 is 0. The number of rotatable bonds is 5. The van der Waals surface area contributed by atoms with Crippen LogP contribution in [0.3, 0.4) is 0 Å². The molecule has 1 aromatic heterocycles. The topological polar surface area (TPSA) is 54.3 Å². The molecule has 0 saturated heterocycles. The summed E-state index contributed by atoms with van der Waals surface area (Å²) in [7, 11) is 0. The number of anilines is 1. The van der Waals surface area contributed by atoms with Crippen LogP contribution < -0.4 is 10.6 Å². The summed E-state index contributed by atoms with van der Waals surface area (Å²) in [5.74, 6) is 0.576. The van der Waals surface area contributed by atoms with Gasteiger partial charge in [-0.25, -0.2) is 0 Å². The molecular formula is C15H18N2O2. The summed E-state index contributed by atoms with van der Waals surface area (Å²) in [4.78, 5) is 12.1. The first-order valence-electron chi connectivity index (χ1n) is 6.36. The molecule has 0 spiro atoms. The molecule has 1 aromatic carbocycles. The van der Waals surface area contributed by atoms with Crippen molar-refractivity contribution in [2.75, 3.05) is 11.9 Å². The van der Waals surface area contributed by atoms with Crippen LogP contribution in [0.2, 0.25) is 0 Å². The monoisotopic (exact) mass is 258 g/mol. The smallest absolute Gasteiger partial charge is 0.258 e. The van der Waals surface area contributed by atoms with Crippen molar-refractivity contribution >= 4 is 11.6 Å². The summed E-state index contributed by atoms with van der Waals surface area (Å²) < 4.78 is 5.15. The van der Waals surface area contributed by atoms with Crippen LogP contribution in [0.25, 0.3) is 0 Å². The molecule has 0 unspecified atom stereocenters. The third kappa shape index (κ3) is 3.45. The van der Waals surface area contributed by atoms with Gasteiger partial charge in [0.15, 0.2) is 0 Å². The van der Waals surface area contributed by atoms with Crippen LogP contribution in [0.5, 0.6) is 0 Å². The number of amides is 1. The van der Waals surface area contributed by atoms with Crippen LogP contribution in [-0.4, -0.2) is 12.5 Å². The van der Waals surface area contributed by atoms with E-state index in [2.05, 4.69) is 17.6 Å². The van der Waals surface area contributed by atoms with E-state index >= 15 is 0 Å². The number of carbonyl (C=O) groups excluding carboxylic acids is 1. The van der Waals surface area contributed by atoms with Crippen LogP contribution in [0.4, 0.5) is 5.69 Å². The Hall–Kier alpha value is -2.07. The molecule has 0 fully saturated rings. The number of aryl methyl sites for hydroxylation is 1. The van der Waals surface area contributed by atoms with E-state index in [1.165, 1.54) is 6.26 Å². The van der Waals surface area contributed by atoms with Crippen molar-refractivity contribution in [3.8, 4) is 0 Å². The second-order valence-electron chi connectivity index (χ2n) is 4.34. The first-order chi connectivity index (χ1) is 9.20. The van der Waals surface area contributed by atoms with E-state index in [4.69, 9.17) is 4.42 Å². The van der Waals surface area contributed by atoms with Crippen molar-refractivity contribution in [2.45, 2.75) is 20.4 Å². The molecule has 1 heterocycles. The van der Waals surface area contributed by atoms with Crippen molar-refractivity contribution < 1.29 is 9.21 Å². The van der Waals surface area contributed by atoms with Gasteiger partial charge in [-0.3, -0.25) is 4.79 Å². The fourth-order valence-corrected chi connectivity index (χ4v) is 1.81. The lowest BCUT2D eigenvalue weighted by molar-refractivity contribution is 0.102. The molecule has 0 aliphatic carbocycles. The van der Waals surface area contributed by atoms with Crippen LogP contribution in [-0.2, 0) is 6.54 Å². The molecule has 2 aromatic rings. The van der Waals surface area contributed by atoms with Crippen molar-refractivity contribution in [1.82, 2.24) is 5.32 Å². The average molecular weight is 258 g/mol. The molecular weight excluding hydrogens is 240 g/mol. The number of furan rings is 1. The van der Waals surface area contributed by atoms with E-state index in [1.54, 1.807) is 6.07 Å². The Morgan fingerprint density at radius 2 is 2.11 bits per heavy atom. The summed E-state index contributed by atoms with van der Waals surface area (Å²) in [5.41, 5.74) is 2.43. The number of hydrogen-bond acceptors (Lipinski definition) is 3. The fraction of sp³-hybridized carbons (Fsp3) is 0.267. The number of carbonyl (C=O) groups is 1. The zero-order valence-electron chi connectivity index (χ0n) is 11.2. The van der Waals surface area contributed by atoms with Gasteiger partial charge in [-0.05, 0) is 31.2 Å². The first kappa shape index (κ1) is 13.4. The van der Waals surface area contributed by atoms with Gasteiger partial charge >= 0.3 is 0 Å². The lowest BCUT2D eigenvalue weighted by Gasteiger charge is -2.10. The van der Waals surface area contributed by atoms with Gasteiger partial charge in [-0.2, -0.15) is 0 Å². The standard InChI is InChI=1S/C15H18N2O2/c1-3-16-9-12-6-4-5-7-14(12)17-15(18)13-8-11(2)19-10-13/h4-8,10,16H,3,9H2,1-2H3,(H,17,18). The van der Waals surface area contributed by atoms with E-state index in [-0.39, 0.29) is 5.91 Å². The maximum absolute atomic E-state index is 12.1. The van der Waals surface area contributed by atoms with Crippen molar-refractivity contribution in [2.24, 2.45) is 0 Å². The molecule has 0 bridgehead atoms. The van der Waals surface area contributed by atoms with E-state index in [9.17, 15) is 4.79 Å². The second kappa shape index (κ2) is 6.20. The third-order valence-electron chi connectivity index (χ3n) is 2.82. The summed E-state index contributed by atoms with van der Waals surface area (Å²) in [6, 6.07) is 9.49. The molecule has 19 heavy (non-hydrogen) atoms. The Morgan fingerprint density at radius 3 is 2.79 bits per heavy atom. The van der Waals surface area contributed by atoms with Crippen molar-refractivity contribution in [3.05, 3.63) is 53.5 Å².